The van der Waals surface area contributed by atoms with Crippen LogP contribution >= 0.6 is 11.9 Å². The van der Waals surface area contributed by atoms with Crippen molar-refractivity contribution in [3.05, 3.63) is 0 Å². The second-order valence-corrected chi connectivity index (χ2v) is 4.91. The van der Waals surface area contributed by atoms with Gasteiger partial charge in [-0.15, -0.1) is 0 Å². The summed E-state index contributed by atoms with van der Waals surface area (Å²) in [5.41, 5.74) is 0. The number of nitrogens with zero attached hydrogens (tertiary/aromatic N) is 1. The predicted molar refractivity (Wildman–Crippen MR) is 55.2 cm³/mol. The lowest BCUT2D eigenvalue weighted by Gasteiger charge is -2.42. The van der Waals surface area contributed by atoms with Crippen LogP contribution in [0.4, 0.5) is 0 Å². The molecule has 0 bridgehead atoms. The van der Waals surface area contributed by atoms with Gasteiger partial charge in [-0.1, -0.05) is 24.8 Å². The highest BCUT2D eigenvalue weighted by Crippen LogP contribution is 2.37. The maximum absolute atomic E-state index is 2.63. The molecular formula is C10H19NS. The zero-order valence-electron chi connectivity index (χ0n) is 7.96. The molecular weight excluding hydrogens is 166 g/mol. The smallest absolute Gasteiger partial charge is 0.0230 e. The van der Waals surface area contributed by atoms with Gasteiger partial charge in [0.1, 0.15) is 0 Å². The Morgan fingerprint density at radius 3 is 2.67 bits per heavy atom. The van der Waals surface area contributed by atoms with E-state index in [9.17, 15) is 0 Å². The van der Waals surface area contributed by atoms with Crippen molar-refractivity contribution in [2.45, 2.75) is 44.6 Å². The van der Waals surface area contributed by atoms with Crippen molar-refractivity contribution in [3.63, 3.8) is 0 Å². The van der Waals surface area contributed by atoms with Gasteiger partial charge in [-0.05, 0) is 37.9 Å². The maximum Gasteiger partial charge on any atom is 0.0230 e. The standard InChI is InChI=1S/C10H19NS/c1-12-11-8-4-6-9-5-2-3-7-10(9)11/h9-10H,2-8H2,1H3. The van der Waals surface area contributed by atoms with E-state index in [1.54, 1.807) is 0 Å². The molecule has 12 heavy (non-hydrogen) atoms. The first-order valence-electron chi connectivity index (χ1n) is 5.22. The van der Waals surface area contributed by atoms with Gasteiger partial charge in [-0.25, -0.2) is 4.31 Å². The molecule has 2 atom stereocenters. The predicted octanol–water partition coefficient (Wildman–Crippen LogP) is 2.92. The average Bonchev–Trinajstić information content (AvgIpc) is 2.17. The highest BCUT2D eigenvalue weighted by molar-refractivity contribution is 7.96. The summed E-state index contributed by atoms with van der Waals surface area (Å²) in [6.07, 6.45) is 11.1. The zero-order valence-corrected chi connectivity index (χ0v) is 8.78. The first-order chi connectivity index (χ1) is 5.92. The molecule has 0 amide bonds. The van der Waals surface area contributed by atoms with Crippen molar-refractivity contribution in [2.75, 3.05) is 12.8 Å². The van der Waals surface area contributed by atoms with Crippen LogP contribution in [0.3, 0.4) is 0 Å². The Balaban J connectivity index is 1.99. The quantitative estimate of drug-likeness (QED) is 0.578. The number of piperidine rings is 1. The molecule has 2 fully saturated rings. The van der Waals surface area contributed by atoms with E-state index < -0.39 is 0 Å². The molecule has 0 aromatic heterocycles. The Labute approximate surface area is 80.0 Å². The van der Waals surface area contributed by atoms with Gasteiger partial charge in [0.25, 0.3) is 0 Å². The SMILES string of the molecule is CSN1CCCC2CCCCC21. The summed E-state index contributed by atoms with van der Waals surface area (Å²) in [5, 5.41) is 0. The van der Waals surface area contributed by atoms with Crippen molar-refractivity contribution in [3.8, 4) is 0 Å². The lowest BCUT2D eigenvalue weighted by atomic mass is 9.79. The second kappa shape index (κ2) is 4.01. The fraction of sp³-hybridized carbons (Fsp3) is 1.00. The monoisotopic (exact) mass is 185 g/mol. The summed E-state index contributed by atoms with van der Waals surface area (Å²) < 4.78 is 2.63. The van der Waals surface area contributed by atoms with Crippen LogP contribution in [-0.2, 0) is 0 Å². The fourth-order valence-electron chi connectivity index (χ4n) is 2.81. The van der Waals surface area contributed by atoms with E-state index in [1.165, 1.54) is 45.1 Å². The fourth-order valence-corrected chi connectivity index (χ4v) is 3.67. The van der Waals surface area contributed by atoms with Crippen molar-refractivity contribution < 1.29 is 0 Å². The molecule has 2 aliphatic rings. The van der Waals surface area contributed by atoms with E-state index in [0.717, 1.165) is 12.0 Å². The third-order valence-electron chi connectivity index (χ3n) is 3.43. The third-order valence-corrected chi connectivity index (χ3v) is 4.35. The normalized spacial score (nSPS) is 37.8. The van der Waals surface area contributed by atoms with E-state index in [4.69, 9.17) is 0 Å². The zero-order chi connectivity index (χ0) is 8.39. The van der Waals surface area contributed by atoms with Crippen molar-refractivity contribution in [1.82, 2.24) is 4.31 Å². The third kappa shape index (κ3) is 1.64. The topological polar surface area (TPSA) is 3.24 Å². The van der Waals surface area contributed by atoms with Gasteiger partial charge in [0, 0.05) is 12.6 Å². The maximum atomic E-state index is 2.63. The molecule has 1 saturated heterocycles. The van der Waals surface area contributed by atoms with Crippen molar-refractivity contribution >= 4 is 11.9 Å². The number of hydrogen-bond acceptors (Lipinski definition) is 2. The largest absolute Gasteiger partial charge is 0.248 e. The van der Waals surface area contributed by atoms with Crippen LogP contribution in [0, 0.1) is 5.92 Å². The van der Waals surface area contributed by atoms with Gasteiger partial charge in [0.2, 0.25) is 0 Å². The highest BCUT2D eigenvalue weighted by atomic mass is 32.2. The second-order valence-electron chi connectivity index (χ2n) is 4.08. The van der Waals surface area contributed by atoms with Crippen LogP contribution in [0.15, 0.2) is 0 Å². The van der Waals surface area contributed by atoms with Gasteiger partial charge >= 0.3 is 0 Å². The Bertz CT molecular complexity index is 140. The van der Waals surface area contributed by atoms with Crippen LogP contribution < -0.4 is 0 Å². The molecule has 1 aliphatic heterocycles. The van der Waals surface area contributed by atoms with Crippen LogP contribution in [0.1, 0.15) is 38.5 Å². The average molecular weight is 185 g/mol. The minimum absolute atomic E-state index is 0.933. The Morgan fingerprint density at radius 1 is 1.08 bits per heavy atom. The van der Waals surface area contributed by atoms with Crippen molar-refractivity contribution in [2.24, 2.45) is 5.92 Å². The molecule has 0 N–H and O–H groups in total. The van der Waals surface area contributed by atoms with E-state index in [2.05, 4.69) is 10.6 Å². The minimum Gasteiger partial charge on any atom is -0.248 e. The molecule has 0 spiro atoms. The molecule has 0 radical (unpaired) electrons. The van der Waals surface area contributed by atoms with Crippen LogP contribution in [0.25, 0.3) is 0 Å². The summed E-state index contributed by atoms with van der Waals surface area (Å²) in [7, 11) is 0. The lowest BCUT2D eigenvalue weighted by molar-refractivity contribution is 0.139. The van der Waals surface area contributed by atoms with Crippen LogP contribution in [0.5, 0.6) is 0 Å². The van der Waals surface area contributed by atoms with E-state index in [0.29, 0.717) is 0 Å². The van der Waals surface area contributed by atoms with Gasteiger partial charge in [-0.2, -0.15) is 0 Å². The Morgan fingerprint density at radius 2 is 1.83 bits per heavy atom. The molecule has 2 heteroatoms. The summed E-state index contributed by atoms with van der Waals surface area (Å²) in [6, 6.07) is 0.933. The van der Waals surface area contributed by atoms with E-state index in [1.807, 2.05) is 11.9 Å². The molecule has 0 aromatic carbocycles. The van der Waals surface area contributed by atoms with Crippen LogP contribution in [-0.4, -0.2) is 23.1 Å². The first-order valence-corrected chi connectivity index (χ1v) is 6.40. The molecule has 1 aliphatic carbocycles. The molecule has 2 unspecified atom stereocenters. The molecule has 2 rings (SSSR count). The van der Waals surface area contributed by atoms with E-state index >= 15 is 0 Å². The number of rotatable bonds is 1. The summed E-state index contributed by atoms with van der Waals surface area (Å²) >= 11 is 1.96. The van der Waals surface area contributed by atoms with Gasteiger partial charge in [0.05, 0.1) is 0 Å². The Hall–Kier alpha value is 0.310. The molecule has 1 nitrogen and oxygen atoms in total. The lowest BCUT2D eigenvalue weighted by Crippen LogP contribution is -2.42. The van der Waals surface area contributed by atoms with Gasteiger partial charge in [0.15, 0.2) is 0 Å². The number of hydrogen-bond donors (Lipinski definition) is 0. The molecule has 1 saturated carbocycles. The Kier molecular flexibility index (Phi) is 2.97. The molecule has 0 aromatic rings. The van der Waals surface area contributed by atoms with Crippen LogP contribution in [0.2, 0.25) is 0 Å². The molecule has 1 heterocycles. The summed E-state index contributed by atoms with van der Waals surface area (Å²) in [6.45, 7) is 1.34. The minimum atomic E-state index is 0.933. The summed E-state index contributed by atoms with van der Waals surface area (Å²) in [4.78, 5) is 0. The molecule has 70 valence electrons. The van der Waals surface area contributed by atoms with Crippen molar-refractivity contribution in [1.29, 1.82) is 0 Å². The van der Waals surface area contributed by atoms with Gasteiger partial charge in [-0.3, -0.25) is 0 Å². The van der Waals surface area contributed by atoms with Gasteiger partial charge < -0.3 is 0 Å². The number of fused-ring (bicyclic) bond motifs is 1. The highest BCUT2D eigenvalue weighted by Gasteiger charge is 2.32. The first kappa shape index (κ1) is 8.89. The van der Waals surface area contributed by atoms with E-state index in [-0.39, 0.29) is 0 Å². The summed E-state index contributed by atoms with van der Waals surface area (Å²) in [5.74, 6) is 1.04.